The maximum Gasteiger partial charge on any atom is 0.387 e. The van der Waals surface area contributed by atoms with Crippen molar-refractivity contribution < 1.29 is 21.9 Å². The van der Waals surface area contributed by atoms with Crippen LogP contribution < -0.4 is 10.1 Å². The largest absolute Gasteiger partial charge is 0.434 e. The van der Waals surface area contributed by atoms with Crippen LogP contribution >= 0.6 is 11.6 Å². The Balaban J connectivity index is 1.97. The van der Waals surface area contributed by atoms with Crippen molar-refractivity contribution in [3.05, 3.63) is 28.8 Å². The van der Waals surface area contributed by atoms with Crippen molar-refractivity contribution in [2.24, 2.45) is 0 Å². The van der Waals surface area contributed by atoms with Gasteiger partial charge in [-0.25, -0.2) is 8.42 Å². The summed E-state index contributed by atoms with van der Waals surface area (Å²) in [5.41, 5.74) is 0.471. The van der Waals surface area contributed by atoms with E-state index in [9.17, 15) is 17.2 Å². The van der Waals surface area contributed by atoms with Gasteiger partial charge in [0.05, 0.1) is 11.0 Å². The minimum Gasteiger partial charge on any atom is -0.434 e. The molecular weight excluding hydrogens is 324 g/mol. The molecule has 118 valence electrons. The SMILES string of the molecule is O=S1(=O)CCCC1CNCc1cc(Cl)ccc1OC(F)F. The summed E-state index contributed by atoms with van der Waals surface area (Å²) in [6, 6.07) is 4.36. The summed E-state index contributed by atoms with van der Waals surface area (Å²) in [6.07, 6.45) is 1.30. The molecule has 0 saturated carbocycles. The fraction of sp³-hybridized carbons (Fsp3) is 0.538. The first-order valence-electron chi connectivity index (χ1n) is 6.54. The average Bonchev–Trinajstić information content (AvgIpc) is 2.71. The molecule has 1 atom stereocenters. The van der Waals surface area contributed by atoms with Crippen molar-refractivity contribution in [2.45, 2.75) is 31.2 Å². The van der Waals surface area contributed by atoms with Gasteiger partial charge in [-0.05, 0) is 31.0 Å². The van der Waals surface area contributed by atoms with E-state index in [2.05, 4.69) is 10.1 Å². The number of alkyl halides is 2. The molecule has 1 aliphatic heterocycles. The Morgan fingerprint density at radius 2 is 2.19 bits per heavy atom. The van der Waals surface area contributed by atoms with Crippen LogP contribution in [0, 0.1) is 0 Å². The van der Waals surface area contributed by atoms with E-state index in [-0.39, 0.29) is 18.0 Å². The van der Waals surface area contributed by atoms with Gasteiger partial charge in [0.1, 0.15) is 5.75 Å². The molecule has 4 nitrogen and oxygen atoms in total. The van der Waals surface area contributed by atoms with Gasteiger partial charge in [0.2, 0.25) is 0 Å². The van der Waals surface area contributed by atoms with Crippen molar-refractivity contribution in [2.75, 3.05) is 12.3 Å². The highest BCUT2D eigenvalue weighted by molar-refractivity contribution is 7.92. The van der Waals surface area contributed by atoms with E-state index in [0.29, 0.717) is 30.0 Å². The van der Waals surface area contributed by atoms with Gasteiger partial charge in [-0.1, -0.05) is 11.6 Å². The topological polar surface area (TPSA) is 55.4 Å². The first kappa shape index (κ1) is 16.5. The van der Waals surface area contributed by atoms with E-state index in [1.807, 2.05) is 0 Å². The third-order valence-corrected chi connectivity index (χ3v) is 5.90. The molecule has 1 heterocycles. The molecule has 1 unspecified atom stereocenters. The zero-order valence-corrected chi connectivity index (χ0v) is 12.8. The highest BCUT2D eigenvalue weighted by Crippen LogP contribution is 2.25. The molecule has 21 heavy (non-hydrogen) atoms. The fourth-order valence-electron chi connectivity index (χ4n) is 2.35. The second-order valence-corrected chi connectivity index (χ2v) is 7.73. The molecule has 1 aromatic rings. The number of nitrogens with one attached hydrogen (secondary N) is 1. The Labute approximate surface area is 127 Å². The fourth-order valence-corrected chi connectivity index (χ4v) is 4.35. The van der Waals surface area contributed by atoms with Crippen LogP contribution in [0.4, 0.5) is 8.78 Å². The molecule has 1 N–H and O–H groups in total. The number of sulfone groups is 1. The van der Waals surface area contributed by atoms with Crippen LogP contribution in [0.15, 0.2) is 18.2 Å². The molecule has 0 amide bonds. The highest BCUT2D eigenvalue weighted by atomic mass is 35.5. The van der Waals surface area contributed by atoms with Crippen LogP contribution in [0.2, 0.25) is 5.02 Å². The Hall–Kier alpha value is -0.920. The Bertz CT molecular complexity index is 595. The van der Waals surface area contributed by atoms with E-state index in [1.54, 1.807) is 0 Å². The summed E-state index contributed by atoms with van der Waals surface area (Å²) < 4.78 is 52.4. The number of halogens is 3. The standard InChI is InChI=1S/C13H16ClF2NO3S/c14-10-3-4-12(20-13(15)16)9(6-10)7-17-8-11-2-1-5-21(11,18)19/h3-4,6,11,13,17H,1-2,5,7-8H2. The third-order valence-electron chi connectivity index (χ3n) is 3.39. The lowest BCUT2D eigenvalue weighted by atomic mass is 10.2. The first-order valence-corrected chi connectivity index (χ1v) is 8.63. The monoisotopic (exact) mass is 339 g/mol. The van der Waals surface area contributed by atoms with Gasteiger partial charge in [0.25, 0.3) is 0 Å². The minimum atomic E-state index is -3.02. The van der Waals surface area contributed by atoms with Crippen LogP contribution in [0.25, 0.3) is 0 Å². The first-order chi connectivity index (χ1) is 9.88. The maximum atomic E-state index is 12.3. The number of ether oxygens (including phenoxy) is 1. The molecule has 0 bridgehead atoms. The molecule has 1 aliphatic rings. The molecule has 1 saturated heterocycles. The van der Waals surface area contributed by atoms with Crippen molar-refractivity contribution >= 4 is 21.4 Å². The third kappa shape index (κ3) is 4.52. The van der Waals surface area contributed by atoms with Gasteiger partial charge in [0.15, 0.2) is 9.84 Å². The molecule has 2 rings (SSSR count). The summed E-state index contributed by atoms with van der Waals surface area (Å²) in [7, 11) is -3.02. The molecule has 8 heteroatoms. The van der Waals surface area contributed by atoms with Crippen LogP contribution in [-0.2, 0) is 16.4 Å². The highest BCUT2D eigenvalue weighted by Gasteiger charge is 2.30. The van der Waals surface area contributed by atoms with Crippen molar-refractivity contribution in [1.29, 1.82) is 0 Å². The molecule has 0 radical (unpaired) electrons. The summed E-state index contributed by atoms with van der Waals surface area (Å²) in [5.74, 6) is 0.257. The number of rotatable bonds is 6. The van der Waals surface area contributed by atoms with E-state index in [0.717, 1.165) is 0 Å². The molecular formula is C13H16ClF2NO3S. The molecule has 0 aromatic heterocycles. The predicted octanol–water partition coefficient (Wildman–Crippen LogP) is 2.61. The van der Waals surface area contributed by atoms with Crippen LogP contribution in [-0.4, -0.2) is 32.6 Å². The molecule has 0 aliphatic carbocycles. The van der Waals surface area contributed by atoms with Gasteiger partial charge in [-0.15, -0.1) is 0 Å². The molecule has 0 spiro atoms. The zero-order valence-electron chi connectivity index (χ0n) is 11.2. The maximum absolute atomic E-state index is 12.3. The average molecular weight is 340 g/mol. The molecule has 1 aromatic carbocycles. The zero-order chi connectivity index (χ0) is 15.5. The van der Waals surface area contributed by atoms with Crippen LogP contribution in [0.3, 0.4) is 0 Å². The summed E-state index contributed by atoms with van der Waals surface area (Å²) in [6.45, 7) is -2.41. The molecule has 1 fully saturated rings. The minimum absolute atomic E-state index is 0.0381. The quantitative estimate of drug-likeness (QED) is 0.865. The summed E-state index contributed by atoms with van der Waals surface area (Å²) in [5, 5.41) is 2.98. The number of benzene rings is 1. The Morgan fingerprint density at radius 1 is 1.43 bits per heavy atom. The van der Waals surface area contributed by atoms with Crippen molar-refractivity contribution in [3.63, 3.8) is 0 Å². The van der Waals surface area contributed by atoms with Crippen LogP contribution in [0.5, 0.6) is 5.75 Å². The summed E-state index contributed by atoms with van der Waals surface area (Å²) in [4.78, 5) is 0. The van der Waals surface area contributed by atoms with E-state index in [1.165, 1.54) is 18.2 Å². The second-order valence-electron chi connectivity index (χ2n) is 4.89. The number of hydrogen-bond donors (Lipinski definition) is 1. The second kappa shape index (κ2) is 6.89. The van der Waals surface area contributed by atoms with Crippen molar-refractivity contribution in [1.82, 2.24) is 5.32 Å². The van der Waals surface area contributed by atoms with Crippen molar-refractivity contribution in [3.8, 4) is 5.75 Å². The van der Waals surface area contributed by atoms with Gasteiger partial charge < -0.3 is 10.1 Å². The van der Waals surface area contributed by atoms with E-state index in [4.69, 9.17) is 11.6 Å². The van der Waals surface area contributed by atoms with E-state index >= 15 is 0 Å². The van der Waals surface area contributed by atoms with Gasteiger partial charge in [-0.2, -0.15) is 8.78 Å². The Kier molecular flexibility index (Phi) is 5.40. The Morgan fingerprint density at radius 3 is 2.81 bits per heavy atom. The normalized spacial score (nSPS) is 20.9. The van der Waals surface area contributed by atoms with Gasteiger partial charge in [-0.3, -0.25) is 0 Å². The smallest absolute Gasteiger partial charge is 0.387 e. The van der Waals surface area contributed by atoms with Crippen LogP contribution in [0.1, 0.15) is 18.4 Å². The summed E-state index contributed by atoms with van der Waals surface area (Å²) >= 11 is 5.84. The lowest BCUT2D eigenvalue weighted by molar-refractivity contribution is -0.0504. The lowest BCUT2D eigenvalue weighted by Crippen LogP contribution is -2.30. The van der Waals surface area contributed by atoms with E-state index < -0.39 is 21.7 Å². The number of hydrogen-bond acceptors (Lipinski definition) is 4. The lowest BCUT2D eigenvalue weighted by Gasteiger charge is -2.14. The van der Waals surface area contributed by atoms with Gasteiger partial charge in [0, 0.05) is 23.7 Å². The predicted molar refractivity (Wildman–Crippen MR) is 76.6 cm³/mol. The van der Waals surface area contributed by atoms with Gasteiger partial charge >= 0.3 is 6.61 Å².